The molecular weight excluding hydrogens is 833 g/mol. The lowest BCUT2D eigenvalue weighted by Gasteiger charge is -2.38. The summed E-state index contributed by atoms with van der Waals surface area (Å²) in [6.45, 7) is 5.40. The lowest BCUT2D eigenvalue weighted by molar-refractivity contribution is -0.127. The third kappa shape index (κ3) is 9.91. The Morgan fingerprint density at radius 1 is 0.887 bits per heavy atom. The van der Waals surface area contributed by atoms with Crippen LogP contribution in [0.2, 0.25) is 0 Å². The molecule has 7 rings (SSSR count). The molecule has 2 aliphatic heterocycles. The highest BCUT2D eigenvalue weighted by atomic mass is 32.2. The number of hydrogen-bond donors (Lipinski definition) is 4. The molecule has 0 radical (unpaired) electrons. The van der Waals surface area contributed by atoms with Gasteiger partial charge in [-0.25, -0.2) is 18.2 Å². The zero-order valence-corrected chi connectivity index (χ0v) is 36.1. The summed E-state index contributed by atoms with van der Waals surface area (Å²) >= 11 is 0. The van der Waals surface area contributed by atoms with Crippen molar-refractivity contribution in [1.29, 1.82) is 0 Å². The number of carbonyl (C=O) groups excluding carboxylic acids is 3. The fraction of sp³-hybridized carbons (Fsp3) is 0.333. The average Bonchev–Trinajstić information content (AvgIpc) is 3.44. The molecule has 4 aromatic rings. The number of alkyl carbamates (subject to hydrolysis) is 1. The Kier molecular flexibility index (Phi) is 13.3. The second-order valence-electron chi connectivity index (χ2n) is 15.7. The van der Waals surface area contributed by atoms with Crippen molar-refractivity contribution in [2.75, 3.05) is 45.1 Å². The monoisotopic (exact) mass is 882 g/mol. The average molecular weight is 883 g/mol. The Morgan fingerprint density at radius 2 is 1.53 bits per heavy atom. The van der Waals surface area contributed by atoms with Crippen LogP contribution in [-0.4, -0.2) is 105 Å². The molecule has 1 saturated heterocycles. The molecule has 4 aromatic carbocycles. The number of amides is 3. The van der Waals surface area contributed by atoms with Crippen LogP contribution in [-0.2, 0) is 34.5 Å². The molecule has 1 atom stereocenters. The summed E-state index contributed by atoms with van der Waals surface area (Å²) in [5.74, 6) is -2.33. The van der Waals surface area contributed by atoms with Crippen molar-refractivity contribution in [3.8, 4) is 22.3 Å². The molecule has 5 N–H and O–H groups in total. The minimum Gasteiger partial charge on any atom is -0.449 e. The number of nitrogens with zero attached hydrogens (tertiary/aromatic N) is 3. The summed E-state index contributed by atoms with van der Waals surface area (Å²) in [6, 6.07) is 25.8. The predicted octanol–water partition coefficient (Wildman–Crippen LogP) is 5.31. The normalized spacial score (nSPS) is 15.7. The van der Waals surface area contributed by atoms with Crippen LogP contribution in [0.3, 0.4) is 0 Å². The first-order valence-electron chi connectivity index (χ1n) is 20.6. The number of nitrogens with two attached hydrogens (primary N) is 1. The van der Waals surface area contributed by atoms with Crippen LogP contribution >= 0.6 is 0 Å². The number of ether oxygens (including phenoxy) is 1. The van der Waals surface area contributed by atoms with E-state index >= 15 is 0 Å². The fourth-order valence-electron chi connectivity index (χ4n) is 8.14. The van der Waals surface area contributed by atoms with E-state index < -0.39 is 43.9 Å². The standard InChI is InChI=1S/C45H50N6O9S2/c1-3-18-50(19-4-2)44(53)33-20-32-17-16-31(22-40(32)48-42(46)23-33)30-10-9-11-34(21-30)62(58,59)51-25-29(26-51)24-47-43(52)41(28-61(55,56)57)49-45(54)60-27-39-37-14-7-5-12-35(37)36-13-6-8-15-38(36)39/h5-17,20-22,29,39,41H,3-4,18-19,23-28H2,1-2H3,(H2,46,48)(H,47,52)(H,49,54)(H,55,56,57). The SMILES string of the molecule is CCCN(CCC)C(=O)C1=Cc2ccc(-c3cccc(S(=O)(=O)N4CC(CNC(=O)C(CS(=O)(=O)O)NC(=O)OCC5c6ccccc6-c6ccccc65)C4)c3)cc2N=C(N)C1. The van der Waals surface area contributed by atoms with Gasteiger partial charge in [-0.1, -0.05) is 86.6 Å². The van der Waals surface area contributed by atoms with Gasteiger partial charge in [0.1, 0.15) is 24.2 Å². The van der Waals surface area contributed by atoms with E-state index in [-0.39, 0.29) is 55.3 Å². The van der Waals surface area contributed by atoms with Crippen molar-refractivity contribution in [2.45, 2.75) is 50.0 Å². The maximum atomic E-state index is 13.7. The van der Waals surface area contributed by atoms with Crippen LogP contribution in [0.5, 0.6) is 0 Å². The second kappa shape index (κ2) is 18.6. The number of nitrogens with one attached hydrogen (secondary N) is 2. The van der Waals surface area contributed by atoms with Gasteiger partial charge in [-0.05, 0) is 70.5 Å². The molecule has 17 heteroatoms. The van der Waals surface area contributed by atoms with Crippen molar-refractivity contribution >= 4 is 55.6 Å². The summed E-state index contributed by atoms with van der Waals surface area (Å²) in [4.78, 5) is 46.0. The molecule has 0 bridgehead atoms. The Bertz CT molecular complexity index is 2610. The minimum atomic E-state index is -4.70. The number of benzene rings is 4. The van der Waals surface area contributed by atoms with Crippen molar-refractivity contribution in [3.63, 3.8) is 0 Å². The third-order valence-electron chi connectivity index (χ3n) is 11.2. The highest BCUT2D eigenvalue weighted by Crippen LogP contribution is 2.44. The number of amidine groups is 1. The van der Waals surface area contributed by atoms with Gasteiger partial charge in [0.2, 0.25) is 21.8 Å². The van der Waals surface area contributed by atoms with Crippen molar-refractivity contribution < 1.29 is 40.5 Å². The van der Waals surface area contributed by atoms with Gasteiger partial charge in [0.25, 0.3) is 10.1 Å². The summed E-state index contributed by atoms with van der Waals surface area (Å²) in [7, 11) is -8.65. The lowest BCUT2D eigenvalue weighted by Crippen LogP contribution is -2.56. The molecule has 3 aliphatic rings. The van der Waals surface area contributed by atoms with E-state index in [4.69, 9.17) is 10.5 Å². The molecule has 15 nitrogen and oxygen atoms in total. The number of hydrogen-bond acceptors (Lipinski definition) is 10. The van der Waals surface area contributed by atoms with E-state index in [9.17, 15) is 35.8 Å². The van der Waals surface area contributed by atoms with E-state index in [1.54, 1.807) is 18.2 Å². The molecule has 2 heterocycles. The zero-order valence-electron chi connectivity index (χ0n) is 34.5. The van der Waals surface area contributed by atoms with E-state index in [0.29, 0.717) is 41.3 Å². The molecule has 0 saturated carbocycles. The van der Waals surface area contributed by atoms with Crippen LogP contribution in [0.25, 0.3) is 28.3 Å². The number of carbonyl (C=O) groups is 3. The Morgan fingerprint density at radius 3 is 2.18 bits per heavy atom. The number of aliphatic imine (C=N–C) groups is 1. The van der Waals surface area contributed by atoms with Crippen LogP contribution in [0.1, 0.15) is 55.7 Å². The van der Waals surface area contributed by atoms with Gasteiger partial charge in [0.15, 0.2) is 0 Å². The smallest absolute Gasteiger partial charge is 0.407 e. The van der Waals surface area contributed by atoms with E-state index in [1.807, 2.05) is 91.6 Å². The van der Waals surface area contributed by atoms with Gasteiger partial charge >= 0.3 is 6.09 Å². The van der Waals surface area contributed by atoms with E-state index in [0.717, 1.165) is 40.7 Å². The molecule has 1 aliphatic carbocycles. The van der Waals surface area contributed by atoms with Gasteiger partial charge in [0.05, 0.1) is 10.6 Å². The highest BCUT2D eigenvalue weighted by molar-refractivity contribution is 7.89. The summed E-state index contributed by atoms with van der Waals surface area (Å²) < 4.78 is 67.5. The maximum Gasteiger partial charge on any atom is 0.407 e. The zero-order chi connectivity index (χ0) is 44.2. The Balaban J connectivity index is 0.954. The predicted molar refractivity (Wildman–Crippen MR) is 237 cm³/mol. The van der Waals surface area contributed by atoms with E-state index in [1.165, 1.54) is 10.4 Å². The van der Waals surface area contributed by atoms with Crippen molar-refractivity contribution in [2.24, 2.45) is 16.6 Å². The van der Waals surface area contributed by atoms with Crippen LogP contribution in [0.4, 0.5) is 10.5 Å². The lowest BCUT2D eigenvalue weighted by atomic mass is 9.98. The van der Waals surface area contributed by atoms with Crippen molar-refractivity contribution in [3.05, 3.63) is 113 Å². The first-order valence-corrected chi connectivity index (χ1v) is 23.6. The Labute approximate surface area is 361 Å². The molecule has 0 spiro atoms. The molecule has 3 amide bonds. The minimum absolute atomic E-state index is 0.0188. The topological polar surface area (TPSA) is 218 Å². The van der Waals surface area contributed by atoms with Gasteiger partial charge in [-0.15, -0.1) is 0 Å². The largest absolute Gasteiger partial charge is 0.449 e. The molecular formula is C45H50N6O9S2. The molecule has 326 valence electrons. The fourth-order valence-corrected chi connectivity index (χ4v) is 10.4. The first kappa shape index (κ1) is 44.2. The molecule has 1 fully saturated rings. The number of rotatable bonds is 16. The van der Waals surface area contributed by atoms with Crippen LogP contribution < -0.4 is 16.4 Å². The third-order valence-corrected chi connectivity index (χ3v) is 13.8. The van der Waals surface area contributed by atoms with Crippen LogP contribution in [0, 0.1) is 5.92 Å². The van der Waals surface area contributed by atoms with Gasteiger partial charge in [0, 0.05) is 62.1 Å². The highest BCUT2D eigenvalue weighted by Gasteiger charge is 2.38. The van der Waals surface area contributed by atoms with Gasteiger partial charge in [-0.3, -0.25) is 14.1 Å². The molecule has 1 unspecified atom stereocenters. The Hall–Kier alpha value is -5.88. The quantitative estimate of drug-likeness (QED) is 0.106. The molecule has 62 heavy (non-hydrogen) atoms. The van der Waals surface area contributed by atoms with Crippen molar-refractivity contribution in [1.82, 2.24) is 19.8 Å². The second-order valence-corrected chi connectivity index (χ2v) is 19.2. The molecule has 0 aromatic heterocycles. The summed E-state index contributed by atoms with van der Waals surface area (Å²) in [5.41, 5.74) is 13.4. The number of fused-ring (bicyclic) bond motifs is 4. The number of sulfonamides is 1. The van der Waals surface area contributed by atoms with Gasteiger partial charge in [-0.2, -0.15) is 12.7 Å². The van der Waals surface area contributed by atoms with Gasteiger partial charge < -0.3 is 26.0 Å². The summed E-state index contributed by atoms with van der Waals surface area (Å²) in [6.07, 6.45) is 2.67. The maximum absolute atomic E-state index is 13.7. The first-order chi connectivity index (χ1) is 29.6. The van der Waals surface area contributed by atoms with Crippen LogP contribution in [0.15, 0.2) is 106 Å². The summed E-state index contributed by atoms with van der Waals surface area (Å²) in [5, 5.41) is 4.85. The van der Waals surface area contributed by atoms with E-state index in [2.05, 4.69) is 15.6 Å².